The van der Waals surface area contributed by atoms with Gasteiger partial charge in [-0.05, 0) is 49.1 Å². The Hall–Kier alpha value is -3.09. The predicted octanol–water partition coefficient (Wildman–Crippen LogP) is 3.14. The largest absolute Gasteiger partial charge is 0.454 e. The normalized spacial score (nSPS) is 22.8. The second-order valence-electron chi connectivity index (χ2n) is 8.10. The monoisotopic (exact) mass is 410 g/mol. The first-order chi connectivity index (χ1) is 14.6. The first-order valence-electron chi connectivity index (χ1n) is 10.3. The first-order valence-corrected chi connectivity index (χ1v) is 10.3. The molecule has 156 valence electrons. The Labute approximate surface area is 174 Å². The molecule has 5 rings (SSSR count). The molecule has 2 aromatic carbocycles. The number of hydrogen-bond donors (Lipinski definition) is 0. The molecule has 7 heteroatoms. The Balaban J connectivity index is 1.28. The van der Waals surface area contributed by atoms with Crippen LogP contribution in [0.5, 0.6) is 11.5 Å². The van der Waals surface area contributed by atoms with E-state index in [1.165, 1.54) is 12.1 Å². The Morgan fingerprint density at radius 2 is 2.00 bits per heavy atom. The number of fused-ring (bicyclic) bond motifs is 1. The van der Waals surface area contributed by atoms with E-state index in [1.807, 2.05) is 17.0 Å². The van der Waals surface area contributed by atoms with E-state index in [4.69, 9.17) is 9.47 Å². The third-order valence-corrected chi connectivity index (χ3v) is 6.16. The van der Waals surface area contributed by atoms with E-state index in [1.54, 1.807) is 23.1 Å². The molecule has 2 saturated heterocycles. The lowest BCUT2D eigenvalue weighted by Crippen LogP contribution is -2.41. The number of benzene rings is 2. The molecule has 0 radical (unpaired) electrons. The van der Waals surface area contributed by atoms with Crippen LogP contribution >= 0.6 is 0 Å². The molecule has 2 atom stereocenters. The van der Waals surface area contributed by atoms with Crippen LogP contribution in [0.4, 0.5) is 10.1 Å². The number of carbonyl (C=O) groups is 2. The quantitative estimate of drug-likeness (QED) is 0.777. The van der Waals surface area contributed by atoms with Crippen molar-refractivity contribution in [1.82, 2.24) is 4.90 Å². The molecule has 0 spiro atoms. The Kier molecular flexibility index (Phi) is 4.81. The van der Waals surface area contributed by atoms with Gasteiger partial charge in [-0.25, -0.2) is 4.39 Å². The molecular weight excluding hydrogens is 387 g/mol. The molecule has 3 aliphatic rings. The third kappa shape index (κ3) is 3.49. The highest BCUT2D eigenvalue weighted by Crippen LogP contribution is 2.37. The number of amides is 2. The van der Waals surface area contributed by atoms with E-state index in [9.17, 15) is 14.0 Å². The highest BCUT2D eigenvalue weighted by atomic mass is 19.1. The summed E-state index contributed by atoms with van der Waals surface area (Å²) in [6.45, 7) is 1.23. The van der Waals surface area contributed by atoms with Gasteiger partial charge in [-0.3, -0.25) is 9.59 Å². The van der Waals surface area contributed by atoms with Crippen molar-refractivity contribution in [3.63, 3.8) is 0 Å². The summed E-state index contributed by atoms with van der Waals surface area (Å²) in [5.41, 5.74) is 1.61. The van der Waals surface area contributed by atoms with Crippen LogP contribution in [0, 0.1) is 11.7 Å². The zero-order chi connectivity index (χ0) is 20.7. The maximum atomic E-state index is 13.5. The van der Waals surface area contributed by atoms with E-state index in [-0.39, 0.29) is 42.8 Å². The molecule has 3 aliphatic heterocycles. The van der Waals surface area contributed by atoms with Crippen molar-refractivity contribution in [2.45, 2.75) is 31.7 Å². The lowest BCUT2D eigenvalue weighted by atomic mass is 10.0. The van der Waals surface area contributed by atoms with Gasteiger partial charge in [0.25, 0.3) is 0 Å². The topological polar surface area (TPSA) is 59.1 Å². The summed E-state index contributed by atoms with van der Waals surface area (Å²) in [4.78, 5) is 29.5. The number of rotatable bonds is 4. The van der Waals surface area contributed by atoms with Crippen molar-refractivity contribution in [2.75, 3.05) is 24.8 Å². The summed E-state index contributed by atoms with van der Waals surface area (Å²) in [7, 11) is 0. The van der Waals surface area contributed by atoms with Gasteiger partial charge in [0, 0.05) is 37.3 Å². The van der Waals surface area contributed by atoms with Gasteiger partial charge in [-0.15, -0.1) is 0 Å². The smallest absolute Gasteiger partial charge is 0.231 e. The van der Waals surface area contributed by atoms with Crippen LogP contribution in [-0.2, 0) is 16.0 Å². The predicted molar refractivity (Wildman–Crippen MR) is 108 cm³/mol. The maximum absolute atomic E-state index is 13.5. The fourth-order valence-electron chi connectivity index (χ4n) is 4.68. The number of anilines is 1. The number of nitrogens with zero attached hydrogens (tertiary/aromatic N) is 2. The molecule has 2 amide bonds. The zero-order valence-electron chi connectivity index (χ0n) is 16.6. The maximum Gasteiger partial charge on any atom is 0.231 e. The summed E-state index contributed by atoms with van der Waals surface area (Å²) in [5.74, 6) is 0.610. The second kappa shape index (κ2) is 7.63. The molecule has 2 aromatic rings. The van der Waals surface area contributed by atoms with Gasteiger partial charge < -0.3 is 19.3 Å². The van der Waals surface area contributed by atoms with E-state index in [0.717, 1.165) is 24.1 Å². The summed E-state index contributed by atoms with van der Waals surface area (Å²) in [6, 6.07) is 12.0. The van der Waals surface area contributed by atoms with Crippen molar-refractivity contribution < 1.29 is 23.5 Å². The van der Waals surface area contributed by atoms with Crippen molar-refractivity contribution in [3.8, 4) is 11.5 Å². The summed E-state index contributed by atoms with van der Waals surface area (Å²) in [5, 5.41) is 0. The van der Waals surface area contributed by atoms with Crippen molar-refractivity contribution in [3.05, 3.63) is 53.8 Å². The standard InChI is InChI=1S/C23H23FN2O4/c24-17-4-1-3-15(9-17)10-18-5-2-8-25(18)23(28)16-11-22(27)26(13-16)19-6-7-20-21(12-19)30-14-29-20/h1,3-4,6-7,9,12,16,18H,2,5,8,10-11,13-14H2. The average Bonchev–Trinajstić information content (AvgIpc) is 3.46. The van der Waals surface area contributed by atoms with E-state index < -0.39 is 0 Å². The number of halogens is 1. The van der Waals surface area contributed by atoms with Gasteiger partial charge >= 0.3 is 0 Å². The Bertz CT molecular complexity index is 995. The van der Waals surface area contributed by atoms with Gasteiger partial charge in [-0.1, -0.05) is 12.1 Å². The zero-order valence-corrected chi connectivity index (χ0v) is 16.6. The van der Waals surface area contributed by atoms with Crippen molar-refractivity contribution >= 4 is 17.5 Å². The van der Waals surface area contributed by atoms with E-state index in [0.29, 0.717) is 31.0 Å². The number of hydrogen-bond acceptors (Lipinski definition) is 4. The van der Waals surface area contributed by atoms with Crippen molar-refractivity contribution in [2.24, 2.45) is 5.92 Å². The van der Waals surface area contributed by atoms with Crippen LogP contribution in [0.1, 0.15) is 24.8 Å². The second-order valence-corrected chi connectivity index (χ2v) is 8.10. The van der Waals surface area contributed by atoms with Gasteiger partial charge in [0.15, 0.2) is 11.5 Å². The molecule has 3 heterocycles. The van der Waals surface area contributed by atoms with Gasteiger partial charge in [0.1, 0.15) is 5.82 Å². The molecule has 0 saturated carbocycles. The summed E-state index contributed by atoms with van der Waals surface area (Å²) in [6.07, 6.45) is 2.67. The van der Waals surface area contributed by atoms with E-state index >= 15 is 0 Å². The molecule has 0 aromatic heterocycles. The number of ether oxygens (including phenoxy) is 2. The van der Waals surface area contributed by atoms with Crippen molar-refractivity contribution in [1.29, 1.82) is 0 Å². The minimum atomic E-state index is -0.365. The molecule has 2 fully saturated rings. The molecule has 2 unspecified atom stereocenters. The average molecular weight is 410 g/mol. The molecule has 0 bridgehead atoms. The highest BCUT2D eigenvalue weighted by molar-refractivity contribution is 6.00. The molecule has 0 aliphatic carbocycles. The van der Waals surface area contributed by atoms with E-state index in [2.05, 4.69) is 0 Å². The number of likely N-dealkylation sites (tertiary alicyclic amines) is 1. The lowest BCUT2D eigenvalue weighted by molar-refractivity contribution is -0.136. The van der Waals surface area contributed by atoms with Crippen LogP contribution in [0.15, 0.2) is 42.5 Å². The van der Waals surface area contributed by atoms with Crippen LogP contribution in [-0.4, -0.2) is 42.6 Å². The van der Waals surface area contributed by atoms with Gasteiger partial charge in [-0.2, -0.15) is 0 Å². The third-order valence-electron chi connectivity index (χ3n) is 6.16. The van der Waals surface area contributed by atoms with Gasteiger partial charge in [0.2, 0.25) is 18.6 Å². The van der Waals surface area contributed by atoms with Crippen LogP contribution < -0.4 is 14.4 Å². The molecule has 0 N–H and O–H groups in total. The number of carbonyl (C=O) groups excluding carboxylic acids is 2. The summed E-state index contributed by atoms with van der Waals surface area (Å²) >= 11 is 0. The molecule has 30 heavy (non-hydrogen) atoms. The minimum absolute atomic E-state index is 0.0190. The Morgan fingerprint density at radius 3 is 2.87 bits per heavy atom. The fourth-order valence-corrected chi connectivity index (χ4v) is 4.68. The van der Waals surface area contributed by atoms with Crippen LogP contribution in [0.25, 0.3) is 0 Å². The minimum Gasteiger partial charge on any atom is -0.454 e. The van der Waals surface area contributed by atoms with Crippen LogP contribution in [0.3, 0.4) is 0 Å². The highest BCUT2D eigenvalue weighted by Gasteiger charge is 2.40. The lowest BCUT2D eigenvalue weighted by Gasteiger charge is -2.27. The Morgan fingerprint density at radius 1 is 1.13 bits per heavy atom. The fraction of sp³-hybridized carbons (Fsp3) is 0.391. The SMILES string of the molecule is O=C1CC(C(=O)N2CCCC2Cc2cccc(F)c2)CN1c1ccc2c(c1)OCO2. The molecule has 6 nitrogen and oxygen atoms in total. The first kappa shape index (κ1) is 18.9. The summed E-state index contributed by atoms with van der Waals surface area (Å²) < 4.78 is 24.3. The van der Waals surface area contributed by atoms with Gasteiger partial charge in [0.05, 0.1) is 5.92 Å². The van der Waals surface area contributed by atoms with Crippen LogP contribution in [0.2, 0.25) is 0 Å². The molecular formula is C23H23FN2O4.